The molecule has 1 heteroatoms. The Kier molecular flexibility index (Phi) is 6.73. The molecule has 0 aromatic carbocycles. The predicted molar refractivity (Wildman–Crippen MR) is 56.6 cm³/mol. The molecular formula is C11H21N. The Bertz CT molecular complexity index is 156. The van der Waals surface area contributed by atoms with Crippen LogP contribution in [0.3, 0.4) is 0 Å². The minimum atomic E-state index is 0.834. The molecule has 12 heavy (non-hydrogen) atoms. The average molecular weight is 167 g/mol. The van der Waals surface area contributed by atoms with Gasteiger partial charge in [-0.1, -0.05) is 26.3 Å². The number of hydrogen-bond donors (Lipinski definition) is 0. The van der Waals surface area contributed by atoms with E-state index in [2.05, 4.69) is 25.8 Å². The summed E-state index contributed by atoms with van der Waals surface area (Å²) in [6.45, 7) is 8.62. The third-order valence-corrected chi connectivity index (χ3v) is 2.14. The van der Waals surface area contributed by atoms with Crippen molar-refractivity contribution in [1.82, 2.24) is 0 Å². The maximum atomic E-state index is 4.28. The van der Waals surface area contributed by atoms with Gasteiger partial charge in [-0.3, -0.25) is 4.99 Å². The van der Waals surface area contributed by atoms with Gasteiger partial charge in [0.15, 0.2) is 0 Å². The van der Waals surface area contributed by atoms with Crippen LogP contribution in [0.4, 0.5) is 0 Å². The Balaban J connectivity index is 3.62. The Labute approximate surface area is 76.6 Å². The summed E-state index contributed by atoms with van der Waals surface area (Å²) in [5.41, 5.74) is 1.24. The number of rotatable bonds is 5. The Morgan fingerprint density at radius 2 is 2.17 bits per heavy atom. The predicted octanol–water partition coefficient (Wildman–Crippen LogP) is 3.81. The maximum Gasteiger partial charge on any atom is 0.0224 e. The lowest BCUT2D eigenvalue weighted by atomic mass is 10.0. The van der Waals surface area contributed by atoms with Gasteiger partial charge >= 0.3 is 0 Å². The standard InChI is InChI=1S/C11H21N/c1-5-9-12-11(4)8-7-10(3)6-2/h5,9-10H,6-8H2,1-4H3/b9-5-,12-11?. The summed E-state index contributed by atoms with van der Waals surface area (Å²) >= 11 is 0. The molecule has 0 aliphatic rings. The highest BCUT2D eigenvalue weighted by atomic mass is 14.7. The van der Waals surface area contributed by atoms with Crippen LogP contribution >= 0.6 is 0 Å². The van der Waals surface area contributed by atoms with Gasteiger partial charge in [0.05, 0.1) is 0 Å². The average Bonchev–Trinajstić information content (AvgIpc) is 2.10. The summed E-state index contributed by atoms with van der Waals surface area (Å²) in [4.78, 5) is 4.28. The van der Waals surface area contributed by atoms with Crippen molar-refractivity contribution in [3.05, 3.63) is 12.3 Å². The molecule has 0 aromatic heterocycles. The molecule has 1 atom stereocenters. The molecule has 0 bridgehead atoms. The highest BCUT2D eigenvalue weighted by molar-refractivity contribution is 5.82. The summed E-state index contributed by atoms with van der Waals surface area (Å²) in [5, 5.41) is 0. The van der Waals surface area contributed by atoms with Crippen LogP contribution in [0.1, 0.15) is 47.0 Å². The molecule has 0 amide bonds. The van der Waals surface area contributed by atoms with E-state index in [0.29, 0.717) is 0 Å². The fourth-order valence-corrected chi connectivity index (χ4v) is 0.926. The van der Waals surface area contributed by atoms with Crippen LogP contribution in [-0.2, 0) is 0 Å². The van der Waals surface area contributed by atoms with Crippen LogP contribution in [0.25, 0.3) is 0 Å². The lowest BCUT2D eigenvalue weighted by molar-refractivity contribution is 0.528. The molecule has 70 valence electrons. The molecule has 0 saturated carbocycles. The third-order valence-electron chi connectivity index (χ3n) is 2.14. The van der Waals surface area contributed by atoms with Gasteiger partial charge in [0, 0.05) is 11.9 Å². The zero-order chi connectivity index (χ0) is 9.40. The van der Waals surface area contributed by atoms with Crippen molar-refractivity contribution >= 4 is 5.71 Å². The molecule has 0 radical (unpaired) electrons. The smallest absolute Gasteiger partial charge is 0.0224 e. The first-order valence-electron chi connectivity index (χ1n) is 4.85. The molecular weight excluding hydrogens is 146 g/mol. The number of hydrogen-bond acceptors (Lipinski definition) is 1. The van der Waals surface area contributed by atoms with E-state index >= 15 is 0 Å². The monoisotopic (exact) mass is 167 g/mol. The first-order valence-corrected chi connectivity index (χ1v) is 4.85. The van der Waals surface area contributed by atoms with Gasteiger partial charge in [-0.2, -0.15) is 0 Å². The van der Waals surface area contributed by atoms with Gasteiger partial charge in [-0.15, -0.1) is 0 Å². The molecule has 0 spiro atoms. The van der Waals surface area contributed by atoms with Crippen molar-refractivity contribution < 1.29 is 0 Å². The second kappa shape index (κ2) is 7.08. The first kappa shape index (κ1) is 11.4. The molecule has 0 N–H and O–H groups in total. The van der Waals surface area contributed by atoms with Crippen molar-refractivity contribution in [3.63, 3.8) is 0 Å². The van der Waals surface area contributed by atoms with E-state index < -0.39 is 0 Å². The third kappa shape index (κ3) is 6.14. The fourth-order valence-electron chi connectivity index (χ4n) is 0.926. The van der Waals surface area contributed by atoms with E-state index in [1.165, 1.54) is 18.6 Å². The van der Waals surface area contributed by atoms with Gasteiger partial charge in [0.1, 0.15) is 0 Å². The molecule has 1 unspecified atom stereocenters. The van der Waals surface area contributed by atoms with Crippen LogP contribution in [0.2, 0.25) is 0 Å². The largest absolute Gasteiger partial charge is 0.266 e. The van der Waals surface area contributed by atoms with Crippen LogP contribution in [0, 0.1) is 5.92 Å². The second-order valence-electron chi connectivity index (χ2n) is 3.40. The zero-order valence-corrected chi connectivity index (χ0v) is 8.80. The van der Waals surface area contributed by atoms with E-state index in [4.69, 9.17) is 0 Å². The summed E-state index contributed by atoms with van der Waals surface area (Å²) in [7, 11) is 0. The number of aliphatic imine (C=N–C) groups is 1. The quantitative estimate of drug-likeness (QED) is 0.552. The van der Waals surface area contributed by atoms with Crippen LogP contribution < -0.4 is 0 Å². The highest BCUT2D eigenvalue weighted by Crippen LogP contribution is 2.09. The number of allylic oxidation sites excluding steroid dienone is 1. The summed E-state index contributed by atoms with van der Waals surface area (Å²) < 4.78 is 0. The van der Waals surface area contributed by atoms with Gasteiger partial charge < -0.3 is 0 Å². The van der Waals surface area contributed by atoms with E-state index in [1.54, 1.807) is 0 Å². The first-order chi connectivity index (χ1) is 5.70. The number of nitrogens with zero attached hydrogens (tertiary/aromatic N) is 1. The van der Waals surface area contributed by atoms with Gasteiger partial charge in [-0.25, -0.2) is 0 Å². The molecule has 0 saturated heterocycles. The highest BCUT2D eigenvalue weighted by Gasteiger charge is 1.98. The van der Waals surface area contributed by atoms with Gasteiger partial charge in [-0.05, 0) is 32.6 Å². The molecule has 0 rings (SSSR count). The van der Waals surface area contributed by atoms with E-state index in [0.717, 1.165) is 12.3 Å². The van der Waals surface area contributed by atoms with Crippen LogP contribution in [-0.4, -0.2) is 5.71 Å². The summed E-state index contributed by atoms with van der Waals surface area (Å²) in [6, 6.07) is 0. The summed E-state index contributed by atoms with van der Waals surface area (Å²) in [6.07, 6.45) is 7.51. The lowest BCUT2D eigenvalue weighted by Crippen LogP contribution is -1.97. The molecule has 1 nitrogen and oxygen atoms in total. The van der Waals surface area contributed by atoms with Crippen molar-refractivity contribution in [2.75, 3.05) is 0 Å². The Hall–Kier alpha value is -0.590. The van der Waals surface area contributed by atoms with Crippen molar-refractivity contribution in [2.45, 2.75) is 47.0 Å². The van der Waals surface area contributed by atoms with Gasteiger partial charge in [0.2, 0.25) is 0 Å². The zero-order valence-electron chi connectivity index (χ0n) is 8.80. The Morgan fingerprint density at radius 1 is 1.50 bits per heavy atom. The van der Waals surface area contributed by atoms with Crippen LogP contribution in [0.15, 0.2) is 17.3 Å². The van der Waals surface area contributed by atoms with Crippen molar-refractivity contribution in [3.8, 4) is 0 Å². The molecule has 0 heterocycles. The lowest BCUT2D eigenvalue weighted by Gasteiger charge is -2.06. The second-order valence-corrected chi connectivity index (χ2v) is 3.40. The molecule has 0 aliphatic carbocycles. The van der Waals surface area contributed by atoms with E-state index in [1.807, 2.05) is 19.2 Å². The minimum Gasteiger partial charge on any atom is -0.266 e. The van der Waals surface area contributed by atoms with Crippen molar-refractivity contribution in [2.24, 2.45) is 10.9 Å². The van der Waals surface area contributed by atoms with Crippen molar-refractivity contribution in [1.29, 1.82) is 0 Å². The van der Waals surface area contributed by atoms with E-state index in [9.17, 15) is 0 Å². The van der Waals surface area contributed by atoms with E-state index in [-0.39, 0.29) is 0 Å². The van der Waals surface area contributed by atoms with Gasteiger partial charge in [0.25, 0.3) is 0 Å². The Morgan fingerprint density at radius 3 is 2.67 bits per heavy atom. The normalized spacial score (nSPS) is 15.5. The maximum absolute atomic E-state index is 4.28. The summed E-state index contributed by atoms with van der Waals surface area (Å²) in [5.74, 6) is 0.834. The molecule has 0 fully saturated rings. The molecule has 0 aliphatic heterocycles. The fraction of sp³-hybridized carbons (Fsp3) is 0.727. The topological polar surface area (TPSA) is 12.4 Å². The molecule has 0 aromatic rings. The minimum absolute atomic E-state index is 0.834. The SMILES string of the molecule is C/C=C\N=C(C)CCC(C)CC. The van der Waals surface area contributed by atoms with Crippen LogP contribution in [0.5, 0.6) is 0 Å².